The van der Waals surface area contributed by atoms with Crippen LogP contribution < -0.4 is 5.32 Å². The summed E-state index contributed by atoms with van der Waals surface area (Å²) in [6, 6.07) is 3.37. The van der Waals surface area contributed by atoms with E-state index in [0.717, 1.165) is 23.1 Å². The maximum Gasteiger partial charge on any atom is 0.183 e. The number of hydrogen-bond donors (Lipinski definition) is 1. The van der Waals surface area contributed by atoms with Gasteiger partial charge in [-0.15, -0.1) is 11.3 Å². The maximum atomic E-state index is 13.5. The summed E-state index contributed by atoms with van der Waals surface area (Å²) in [6.45, 7) is 1.83. The number of aryl methyl sites for hydroxylation is 1. The molecule has 0 saturated heterocycles. The first-order valence-electron chi connectivity index (χ1n) is 4.72. The fourth-order valence-electron chi connectivity index (χ4n) is 1.43. The zero-order valence-electron chi connectivity index (χ0n) is 8.84. The monoisotopic (exact) mass is 240 g/mol. The molecule has 84 valence electrons. The second-order valence-corrected chi connectivity index (χ2v) is 4.50. The van der Waals surface area contributed by atoms with E-state index >= 15 is 0 Å². The van der Waals surface area contributed by atoms with E-state index in [9.17, 15) is 8.78 Å². The van der Waals surface area contributed by atoms with Crippen LogP contribution in [0.25, 0.3) is 11.3 Å². The molecule has 2 rings (SSSR count). The number of thiazole rings is 1. The Labute approximate surface area is 96.0 Å². The van der Waals surface area contributed by atoms with Crippen LogP contribution in [0, 0.1) is 18.6 Å². The zero-order chi connectivity index (χ0) is 11.7. The number of benzene rings is 1. The molecular formula is C11H10F2N2S. The molecule has 2 nitrogen and oxygen atoms in total. The van der Waals surface area contributed by atoms with Crippen molar-refractivity contribution in [3.8, 4) is 11.3 Å². The van der Waals surface area contributed by atoms with Gasteiger partial charge in [-0.3, -0.25) is 0 Å². The van der Waals surface area contributed by atoms with Crippen LogP contribution >= 0.6 is 11.3 Å². The average molecular weight is 240 g/mol. The highest BCUT2D eigenvalue weighted by molar-refractivity contribution is 7.15. The molecule has 0 saturated carbocycles. The Morgan fingerprint density at radius 1 is 1.31 bits per heavy atom. The van der Waals surface area contributed by atoms with Gasteiger partial charge in [0.25, 0.3) is 0 Å². The lowest BCUT2D eigenvalue weighted by Gasteiger charge is -2.00. The minimum absolute atomic E-state index is 0.204. The molecule has 0 aliphatic rings. The van der Waals surface area contributed by atoms with Gasteiger partial charge in [0.05, 0.1) is 5.69 Å². The standard InChI is InChI=1S/C11H10F2N2S/c1-6-10(15-11(14-2)16-6)8-5-7(12)3-4-9(8)13/h3-5H,1-2H3,(H,14,15). The van der Waals surface area contributed by atoms with Gasteiger partial charge in [0.1, 0.15) is 11.6 Å². The summed E-state index contributed by atoms with van der Waals surface area (Å²) in [5, 5.41) is 3.57. The Kier molecular flexibility index (Phi) is 2.87. The highest BCUT2D eigenvalue weighted by Gasteiger charge is 2.13. The quantitative estimate of drug-likeness (QED) is 0.869. The lowest BCUT2D eigenvalue weighted by molar-refractivity contribution is 0.602. The minimum atomic E-state index is -0.463. The van der Waals surface area contributed by atoms with Gasteiger partial charge in [-0.2, -0.15) is 0 Å². The molecule has 0 aliphatic heterocycles. The SMILES string of the molecule is CNc1nc(-c2cc(F)ccc2F)c(C)s1. The van der Waals surface area contributed by atoms with E-state index in [1.165, 1.54) is 11.3 Å². The molecule has 0 fully saturated rings. The average Bonchev–Trinajstić information content (AvgIpc) is 2.63. The normalized spacial score (nSPS) is 10.5. The number of aromatic nitrogens is 1. The molecule has 0 aliphatic carbocycles. The maximum absolute atomic E-state index is 13.5. The van der Waals surface area contributed by atoms with Crippen LogP contribution in [0.4, 0.5) is 13.9 Å². The molecular weight excluding hydrogens is 230 g/mol. The van der Waals surface area contributed by atoms with E-state index in [-0.39, 0.29) is 5.56 Å². The highest BCUT2D eigenvalue weighted by Crippen LogP contribution is 2.31. The second-order valence-electron chi connectivity index (χ2n) is 3.30. The van der Waals surface area contributed by atoms with Crippen LogP contribution in [0.3, 0.4) is 0 Å². The van der Waals surface area contributed by atoms with Gasteiger partial charge in [-0.25, -0.2) is 13.8 Å². The first kappa shape index (κ1) is 11.0. The molecule has 0 bridgehead atoms. The molecule has 16 heavy (non-hydrogen) atoms. The first-order valence-corrected chi connectivity index (χ1v) is 5.54. The fraction of sp³-hybridized carbons (Fsp3) is 0.182. The van der Waals surface area contributed by atoms with Gasteiger partial charge >= 0.3 is 0 Å². The number of nitrogens with one attached hydrogen (secondary N) is 1. The number of rotatable bonds is 2. The predicted molar refractivity (Wildman–Crippen MR) is 61.7 cm³/mol. The molecule has 0 atom stereocenters. The predicted octanol–water partition coefficient (Wildman–Crippen LogP) is 3.44. The zero-order valence-corrected chi connectivity index (χ0v) is 9.66. The summed E-state index contributed by atoms with van der Waals surface area (Å²) < 4.78 is 26.6. The van der Waals surface area contributed by atoms with E-state index < -0.39 is 11.6 Å². The van der Waals surface area contributed by atoms with Crippen molar-refractivity contribution in [1.82, 2.24) is 4.98 Å². The summed E-state index contributed by atoms with van der Waals surface area (Å²) in [6.07, 6.45) is 0. The van der Waals surface area contributed by atoms with Crippen molar-refractivity contribution in [2.75, 3.05) is 12.4 Å². The molecule has 5 heteroatoms. The molecule has 1 aromatic carbocycles. The van der Waals surface area contributed by atoms with Gasteiger partial charge in [0.15, 0.2) is 5.13 Å². The molecule has 1 aromatic heterocycles. The summed E-state index contributed by atoms with van der Waals surface area (Å²) in [4.78, 5) is 5.06. The first-order chi connectivity index (χ1) is 7.61. The van der Waals surface area contributed by atoms with Gasteiger partial charge in [0, 0.05) is 17.5 Å². The molecule has 0 radical (unpaired) electrons. The summed E-state index contributed by atoms with van der Waals surface area (Å²) >= 11 is 1.41. The molecule has 0 spiro atoms. The Morgan fingerprint density at radius 2 is 2.06 bits per heavy atom. The Bertz CT molecular complexity index is 523. The Morgan fingerprint density at radius 3 is 2.69 bits per heavy atom. The van der Waals surface area contributed by atoms with Crippen LogP contribution in [0.1, 0.15) is 4.88 Å². The van der Waals surface area contributed by atoms with Gasteiger partial charge in [-0.05, 0) is 25.1 Å². The van der Waals surface area contributed by atoms with Crippen molar-refractivity contribution < 1.29 is 8.78 Å². The van der Waals surface area contributed by atoms with Crippen LogP contribution in [-0.2, 0) is 0 Å². The van der Waals surface area contributed by atoms with E-state index in [2.05, 4.69) is 10.3 Å². The van der Waals surface area contributed by atoms with Crippen LogP contribution in [0.2, 0.25) is 0 Å². The third kappa shape index (κ3) is 1.90. The van der Waals surface area contributed by atoms with Crippen molar-refractivity contribution in [2.24, 2.45) is 0 Å². The van der Waals surface area contributed by atoms with Crippen LogP contribution in [-0.4, -0.2) is 12.0 Å². The third-order valence-electron chi connectivity index (χ3n) is 2.19. The van der Waals surface area contributed by atoms with Crippen molar-refractivity contribution in [3.05, 3.63) is 34.7 Å². The topological polar surface area (TPSA) is 24.9 Å². The van der Waals surface area contributed by atoms with Crippen molar-refractivity contribution >= 4 is 16.5 Å². The van der Waals surface area contributed by atoms with Gasteiger partial charge < -0.3 is 5.32 Å². The largest absolute Gasteiger partial charge is 0.365 e. The molecule has 0 unspecified atom stereocenters. The Hall–Kier alpha value is -1.49. The molecule has 2 aromatic rings. The van der Waals surface area contributed by atoms with E-state index in [1.54, 1.807) is 7.05 Å². The second kappa shape index (κ2) is 4.17. The van der Waals surface area contributed by atoms with Crippen molar-refractivity contribution in [1.29, 1.82) is 0 Å². The number of anilines is 1. The lowest BCUT2D eigenvalue weighted by atomic mass is 10.1. The van der Waals surface area contributed by atoms with E-state index in [1.807, 2.05) is 6.92 Å². The minimum Gasteiger partial charge on any atom is -0.365 e. The van der Waals surface area contributed by atoms with Crippen molar-refractivity contribution in [3.63, 3.8) is 0 Å². The molecule has 0 amide bonds. The summed E-state index contributed by atoms with van der Waals surface area (Å²) in [7, 11) is 1.74. The fourth-order valence-corrected chi connectivity index (χ4v) is 2.21. The Balaban J connectivity index is 2.57. The number of hydrogen-bond acceptors (Lipinski definition) is 3. The number of nitrogens with zero attached hydrogens (tertiary/aromatic N) is 1. The van der Waals surface area contributed by atoms with Crippen LogP contribution in [0.15, 0.2) is 18.2 Å². The summed E-state index contributed by atoms with van der Waals surface area (Å²) in [5.41, 5.74) is 0.696. The van der Waals surface area contributed by atoms with Crippen LogP contribution in [0.5, 0.6) is 0 Å². The van der Waals surface area contributed by atoms with Gasteiger partial charge in [-0.1, -0.05) is 0 Å². The molecule has 1 heterocycles. The molecule has 1 N–H and O–H groups in total. The van der Waals surface area contributed by atoms with E-state index in [0.29, 0.717) is 10.8 Å². The van der Waals surface area contributed by atoms with E-state index in [4.69, 9.17) is 0 Å². The third-order valence-corrected chi connectivity index (χ3v) is 3.18. The lowest BCUT2D eigenvalue weighted by Crippen LogP contribution is -1.90. The van der Waals surface area contributed by atoms with Crippen molar-refractivity contribution in [2.45, 2.75) is 6.92 Å². The van der Waals surface area contributed by atoms with Gasteiger partial charge in [0.2, 0.25) is 0 Å². The summed E-state index contributed by atoms with van der Waals surface area (Å²) in [5.74, 6) is -0.924. The number of halogens is 2. The smallest absolute Gasteiger partial charge is 0.183 e. The highest BCUT2D eigenvalue weighted by atomic mass is 32.1.